The molecular weight excluding hydrogens is 394 g/mol. The normalized spacial score (nSPS) is 11.3. The zero-order chi connectivity index (χ0) is 20.5. The lowest BCUT2D eigenvalue weighted by Crippen LogP contribution is -2.25. The van der Waals surface area contributed by atoms with Gasteiger partial charge in [0.05, 0.1) is 6.61 Å². The number of carbonyl (C=O) groups is 1. The topological polar surface area (TPSA) is 129 Å². The van der Waals surface area contributed by atoms with Gasteiger partial charge in [0.25, 0.3) is 0 Å². The Labute approximate surface area is 176 Å². The predicted molar refractivity (Wildman–Crippen MR) is 116 cm³/mol. The molecular formula is C21H28ClN3O4. The van der Waals surface area contributed by atoms with Gasteiger partial charge in [-0.25, -0.2) is 4.79 Å². The molecule has 158 valence electrons. The van der Waals surface area contributed by atoms with Gasteiger partial charge in [0.1, 0.15) is 5.84 Å². The number of nitrogens with two attached hydrogens (primary N) is 1. The highest BCUT2D eigenvalue weighted by atomic mass is 35.5. The molecule has 2 aromatic rings. The summed E-state index contributed by atoms with van der Waals surface area (Å²) in [5.41, 5.74) is 9.17. The van der Waals surface area contributed by atoms with Gasteiger partial charge in [-0.1, -0.05) is 18.2 Å². The number of hydrogen-bond acceptors (Lipinski definition) is 6. The van der Waals surface area contributed by atoms with Crippen molar-refractivity contribution in [3.63, 3.8) is 0 Å². The van der Waals surface area contributed by atoms with E-state index in [1.807, 2.05) is 18.2 Å². The third-order valence-corrected chi connectivity index (χ3v) is 4.33. The van der Waals surface area contributed by atoms with Gasteiger partial charge >= 0.3 is 5.97 Å². The molecule has 0 aliphatic heterocycles. The standard InChI is InChI=1S/C21H27N3O4.ClH/c1-2-28-21(27)19(24-17-7-5-16(6-8-17)20(22)23)18-13-14(9-11-25)3-4-15(18)10-12-26;/h3-8,13,19,24-26H,2,9-12H2,1H3,(H3,22,23);1H. The second-order valence-corrected chi connectivity index (χ2v) is 6.30. The second kappa shape index (κ2) is 12.1. The SMILES string of the molecule is CCOC(=O)C(Nc1ccc(C(=N)N)cc1)c1cc(CCO)ccc1CCO.Cl. The molecule has 8 heteroatoms. The summed E-state index contributed by atoms with van der Waals surface area (Å²) in [6, 6.07) is 11.7. The molecule has 0 aliphatic rings. The van der Waals surface area contributed by atoms with Crippen molar-refractivity contribution in [3.05, 3.63) is 64.7 Å². The minimum absolute atomic E-state index is 0. The maximum absolute atomic E-state index is 12.7. The number of rotatable bonds is 10. The van der Waals surface area contributed by atoms with Gasteiger partial charge in [0.15, 0.2) is 6.04 Å². The molecule has 1 unspecified atom stereocenters. The minimum atomic E-state index is -0.775. The van der Waals surface area contributed by atoms with Gasteiger partial charge in [0.2, 0.25) is 0 Å². The van der Waals surface area contributed by atoms with Gasteiger partial charge in [-0.2, -0.15) is 0 Å². The van der Waals surface area contributed by atoms with Crippen LogP contribution in [0.4, 0.5) is 5.69 Å². The monoisotopic (exact) mass is 421 g/mol. The van der Waals surface area contributed by atoms with E-state index in [1.165, 1.54) is 0 Å². The Bertz CT molecular complexity index is 812. The molecule has 0 aliphatic carbocycles. The number of aliphatic hydroxyl groups excluding tert-OH is 2. The van der Waals surface area contributed by atoms with Gasteiger partial charge in [-0.3, -0.25) is 5.41 Å². The quantitative estimate of drug-likeness (QED) is 0.227. The lowest BCUT2D eigenvalue weighted by molar-refractivity contribution is -0.144. The Morgan fingerprint density at radius 1 is 1.14 bits per heavy atom. The van der Waals surface area contributed by atoms with Crippen LogP contribution in [-0.2, 0) is 22.4 Å². The molecule has 29 heavy (non-hydrogen) atoms. The summed E-state index contributed by atoms with van der Waals surface area (Å²) in [7, 11) is 0. The van der Waals surface area contributed by atoms with Crippen LogP contribution >= 0.6 is 12.4 Å². The van der Waals surface area contributed by atoms with Crippen LogP contribution in [0.25, 0.3) is 0 Å². The molecule has 0 fully saturated rings. The van der Waals surface area contributed by atoms with E-state index in [2.05, 4.69) is 5.32 Å². The maximum atomic E-state index is 12.7. The second-order valence-electron chi connectivity index (χ2n) is 6.30. The van der Waals surface area contributed by atoms with Gasteiger partial charge in [-0.15, -0.1) is 12.4 Å². The van der Waals surface area contributed by atoms with Crippen molar-refractivity contribution in [2.24, 2.45) is 5.73 Å². The molecule has 0 amide bonds. The first-order valence-electron chi connectivity index (χ1n) is 9.21. The molecule has 0 saturated carbocycles. The highest BCUT2D eigenvalue weighted by molar-refractivity contribution is 5.95. The van der Waals surface area contributed by atoms with Crippen LogP contribution in [0.3, 0.4) is 0 Å². The Morgan fingerprint density at radius 2 is 1.79 bits per heavy atom. The summed E-state index contributed by atoms with van der Waals surface area (Å²) in [5.74, 6) is -0.464. The van der Waals surface area contributed by atoms with Crippen LogP contribution in [0.1, 0.15) is 35.2 Å². The molecule has 2 aromatic carbocycles. The molecule has 7 nitrogen and oxygen atoms in total. The smallest absolute Gasteiger partial charge is 0.333 e. The van der Waals surface area contributed by atoms with E-state index in [0.717, 1.165) is 11.1 Å². The average molecular weight is 422 g/mol. The van der Waals surface area contributed by atoms with E-state index in [1.54, 1.807) is 31.2 Å². The largest absolute Gasteiger partial charge is 0.464 e. The van der Waals surface area contributed by atoms with E-state index < -0.39 is 12.0 Å². The average Bonchev–Trinajstić information content (AvgIpc) is 2.68. The first kappa shape index (κ1) is 24.4. The maximum Gasteiger partial charge on any atom is 0.333 e. The molecule has 6 N–H and O–H groups in total. The number of halogens is 1. The number of ether oxygens (including phenoxy) is 1. The first-order chi connectivity index (χ1) is 13.5. The van der Waals surface area contributed by atoms with E-state index >= 15 is 0 Å². The van der Waals surface area contributed by atoms with Gasteiger partial charge < -0.3 is 26.0 Å². The molecule has 1 atom stereocenters. The molecule has 0 saturated heterocycles. The predicted octanol–water partition coefficient (Wildman–Crippen LogP) is 2.18. The Hall–Kier alpha value is -2.61. The summed E-state index contributed by atoms with van der Waals surface area (Å²) in [6.07, 6.45) is 0.866. The molecule has 0 heterocycles. The van der Waals surface area contributed by atoms with Crippen LogP contribution < -0.4 is 11.1 Å². The Kier molecular flexibility index (Phi) is 10.2. The van der Waals surface area contributed by atoms with Crippen LogP contribution in [-0.4, -0.2) is 41.8 Å². The molecule has 2 rings (SSSR count). The number of nitrogen functional groups attached to an aromatic ring is 1. The summed E-state index contributed by atoms with van der Waals surface area (Å²) >= 11 is 0. The summed E-state index contributed by atoms with van der Waals surface area (Å²) in [4.78, 5) is 12.7. The highest BCUT2D eigenvalue weighted by Gasteiger charge is 2.25. The number of carbonyl (C=O) groups excluding carboxylic acids is 1. The van der Waals surface area contributed by atoms with Gasteiger partial charge in [-0.05, 0) is 60.7 Å². The number of nitrogens with one attached hydrogen (secondary N) is 2. The lowest BCUT2D eigenvalue weighted by Gasteiger charge is -2.22. The highest BCUT2D eigenvalue weighted by Crippen LogP contribution is 2.26. The number of hydrogen-bond donors (Lipinski definition) is 5. The number of benzene rings is 2. The molecule has 0 aromatic heterocycles. The van der Waals surface area contributed by atoms with Crippen LogP contribution in [0, 0.1) is 5.41 Å². The van der Waals surface area contributed by atoms with Crippen molar-refractivity contribution in [3.8, 4) is 0 Å². The third-order valence-electron chi connectivity index (χ3n) is 4.33. The number of anilines is 1. The number of esters is 1. The zero-order valence-corrected chi connectivity index (χ0v) is 17.2. The Balaban J connectivity index is 0.00000420. The van der Waals surface area contributed by atoms with E-state index in [-0.39, 0.29) is 38.1 Å². The summed E-state index contributed by atoms with van der Waals surface area (Å²) < 4.78 is 5.26. The third kappa shape index (κ3) is 6.74. The van der Waals surface area contributed by atoms with E-state index in [9.17, 15) is 15.0 Å². The van der Waals surface area contributed by atoms with Crippen molar-refractivity contribution in [1.29, 1.82) is 5.41 Å². The molecule has 0 spiro atoms. The lowest BCUT2D eigenvalue weighted by atomic mass is 9.94. The fourth-order valence-corrected chi connectivity index (χ4v) is 2.95. The van der Waals surface area contributed by atoms with Crippen LogP contribution in [0.2, 0.25) is 0 Å². The van der Waals surface area contributed by atoms with Crippen LogP contribution in [0.15, 0.2) is 42.5 Å². The van der Waals surface area contributed by atoms with Crippen LogP contribution in [0.5, 0.6) is 0 Å². The van der Waals surface area contributed by atoms with Crippen molar-refractivity contribution in [2.45, 2.75) is 25.8 Å². The summed E-state index contributed by atoms with van der Waals surface area (Å²) in [5, 5.41) is 29.3. The Morgan fingerprint density at radius 3 is 2.34 bits per heavy atom. The van der Waals surface area contributed by atoms with E-state index in [0.29, 0.717) is 29.7 Å². The zero-order valence-electron chi connectivity index (χ0n) is 16.4. The fourth-order valence-electron chi connectivity index (χ4n) is 2.95. The summed E-state index contributed by atoms with van der Waals surface area (Å²) in [6.45, 7) is 1.94. The van der Waals surface area contributed by atoms with Crippen molar-refractivity contribution in [1.82, 2.24) is 0 Å². The van der Waals surface area contributed by atoms with E-state index in [4.69, 9.17) is 15.9 Å². The fraction of sp³-hybridized carbons (Fsp3) is 0.333. The van der Waals surface area contributed by atoms with Crippen molar-refractivity contribution in [2.75, 3.05) is 25.1 Å². The number of amidine groups is 1. The minimum Gasteiger partial charge on any atom is -0.464 e. The van der Waals surface area contributed by atoms with Crippen molar-refractivity contribution < 1.29 is 19.7 Å². The van der Waals surface area contributed by atoms with Crippen molar-refractivity contribution >= 4 is 29.9 Å². The molecule has 0 bridgehead atoms. The first-order valence-corrected chi connectivity index (χ1v) is 9.21. The van der Waals surface area contributed by atoms with Gasteiger partial charge in [0, 0.05) is 24.5 Å². The molecule has 0 radical (unpaired) electrons. The number of aliphatic hydroxyl groups is 2.